The molecule has 2 aromatic rings. The summed E-state index contributed by atoms with van der Waals surface area (Å²) in [5.74, 6) is 0.843. The van der Waals surface area contributed by atoms with Crippen LogP contribution in [0.3, 0.4) is 0 Å². The average molecular weight is 368 g/mol. The number of nitrogens with one attached hydrogen (secondary N) is 2. The zero-order valence-electron chi connectivity index (χ0n) is 16.5. The number of hydrogen-bond acceptors (Lipinski definition) is 6. The Morgan fingerprint density at radius 2 is 2.15 bits per heavy atom. The van der Waals surface area contributed by atoms with Gasteiger partial charge in [0.1, 0.15) is 5.82 Å². The second-order valence-electron chi connectivity index (χ2n) is 7.18. The van der Waals surface area contributed by atoms with Gasteiger partial charge in [0.2, 0.25) is 5.82 Å². The molecule has 0 aliphatic carbocycles. The van der Waals surface area contributed by atoms with Gasteiger partial charge in [0.15, 0.2) is 0 Å². The minimum Gasteiger partial charge on any atom is -0.355 e. The van der Waals surface area contributed by atoms with Gasteiger partial charge < -0.3 is 15.5 Å². The molecule has 1 fully saturated rings. The Balaban J connectivity index is 1.65. The maximum absolute atomic E-state index is 12.0. The van der Waals surface area contributed by atoms with Crippen molar-refractivity contribution in [3.05, 3.63) is 47.2 Å². The molecule has 1 amide bonds. The van der Waals surface area contributed by atoms with E-state index in [-0.39, 0.29) is 11.7 Å². The topological polar surface area (TPSA) is 83.0 Å². The largest absolute Gasteiger partial charge is 0.355 e. The van der Waals surface area contributed by atoms with E-state index in [4.69, 9.17) is 0 Å². The lowest BCUT2D eigenvalue weighted by atomic mass is 10.1. The van der Waals surface area contributed by atoms with Gasteiger partial charge in [-0.3, -0.25) is 9.78 Å². The van der Waals surface area contributed by atoms with Crippen molar-refractivity contribution >= 4 is 11.7 Å². The maximum atomic E-state index is 12.0. The van der Waals surface area contributed by atoms with Crippen LogP contribution in [0.4, 0.5) is 5.82 Å². The summed E-state index contributed by atoms with van der Waals surface area (Å²) in [6, 6.07) is 6.76. The highest BCUT2D eigenvalue weighted by Gasteiger charge is 2.27. The van der Waals surface area contributed by atoms with E-state index in [0.717, 1.165) is 48.7 Å². The molecule has 2 aromatic heterocycles. The summed E-state index contributed by atoms with van der Waals surface area (Å²) in [4.78, 5) is 27.5. The second kappa shape index (κ2) is 8.43. The molecule has 0 bridgehead atoms. The van der Waals surface area contributed by atoms with Crippen LogP contribution in [0.5, 0.6) is 0 Å². The molecule has 2 atom stereocenters. The van der Waals surface area contributed by atoms with E-state index in [1.54, 1.807) is 7.05 Å². The summed E-state index contributed by atoms with van der Waals surface area (Å²) in [5, 5.41) is 6.31. The highest BCUT2D eigenvalue weighted by Crippen LogP contribution is 2.24. The van der Waals surface area contributed by atoms with E-state index in [9.17, 15) is 4.79 Å². The van der Waals surface area contributed by atoms with Gasteiger partial charge in [-0.1, -0.05) is 6.07 Å². The fraction of sp³-hybridized carbons (Fsp3) is 0.500. The second-order valence-corrected chi connectivity index (χ2v) is 7.18. The van der Waals surface area contributed by atoms with Crippen LogP contribution >= 0.6 is 0 Å². The molecule has 3 rings (SSSR count). The van der Waals surface area contributed by atoms with Crippen molar-refractivity contribution < 1.29 is 4.79 Å². The molecule has 0 spiro atoms. The fourth-order valence-electron chi connectivity index (χ4n) is 3.52. The molecule has 7 heteroatoms. The van der Waals surface area contributed by atoms with Crippen LogP contribution in [-0.2, 0) is 6.42 Å². The number of carbonyl (C=O) groups excluding carboxylic acids is 1. The summed E-state index contributed by atoms with van der Waals surface area (Å²) in [7, 11) is 1.60. The van der Waals surface area contributed by atoms with Gasteiger partial charge in [-0.25, -0.2) is 9.97 Å². The molecule has 3 heterocycles. The molecule has 1 aliphatic rings. The van der Waals surface area contributed by atoms with Crippen molar-refractivity contribution in [1.29, 1.82) is 0 Å². The molecule has 0 radical (unpaired) electrons. The number of amides is 1. The summed E-state index contributed by atoms with van der Waals surface area (Å²) in [5.41, 5.74) is 2.98. The Hall–Kier alpha value is -2.54. The van der Waals surface area contributed by atoms with Crippen molar-refractivity contribution in [3.63, 3.8) is 0 Å². The fourth-order valence-corrected chi connectivity index (χ4v) is 3.52. The number of carbonyl (C=O) groups is 1. The van der Waals surface area contributed by atoms with Gasteiger partial charge in [-0.05, 0) is 39.3 Å². The number of anilines is 1. The Labute approximate surface area is 160 Å². The van der Waals surface area contributed by atoms with Crippen molar-refractivity contribution in [2.75, 3.05) is 25.0 Å². The van der Waals surface area contributed by atoms with Crippen molar-refractivity contribution in [2.24, 2.45) is 0 Å². The molecule has 0 saturated carbocycles. The van der Waals surface area contributed by atoms with Crippen LogP contribution < -0.4 is 15.5 Å². The first kappa shape index (κ1) is 19.2. The third-order valence-corrected chi connectivity index (χ3v) is 5.04. The van der Waals surface area contributed by atoms with Gasteiger partial charge in [0.05, 0.1) is 0 Å². The number of aryl methyl sites for hydroxylation is 1. The monoisotopic (exact) mass is 368 g/mol. The molecular weight excluding hydrogens is 340 g/mol. The lowest BCUT2D eigenvalue weighted by molar-refractivity contribution is 0.0952. The summed E-state index contributed by atoms with van der Waals surface area (Å²) < 4.78 is 0. The van der Waals surface area contributed by atoms with Crippen LogP contribution in [0.15, 0.2) is 24.4 Å². The number of rotatable bonds is 6. The van der Waals surface area contributed by atoms with Crippen molar-refractivity contribution in [2.45, 2.75) is 45.7 Å². The standard InChI is InChI=1S/C20H28N6O/c1-13(11-16-7-5-6-9-22-16)23-17-8-10-26(12-17)19-14(2)15(3)24-18(25-19)20(27)21-4/h5-7,9,13,17,23H,8,10-12H2,1-4H3,(H,21,27)/t13?,17-/m1/s1. The third-order valence-electron chi connectivity index (χ3n) is 5.04. The number of nitrogens with zero attached hydrogens (tertiary/aromatic N) is 4. The van der Waals surface area contributed by atoms with Crippen LogP contribution in [0, 0.1) is 13.8 Å². The van der Waals surface area contributed by atoms with Gasteiger partial charge in [0, 0.05) is 61.8 Å². The predicted octanol–water partition coefficient (Wildman–Crippen LogP) is 1.65. The Morgan fingerprint density at radius 1 is 1.33 bits per heavy atom. The number of hydrogen-bond donors (Lipinski definition) is 2. The molecule has 2 N–H and O–H groups in total. The first-order chi connectivity index (χ1) is 13.0. The first-order valence-electron chi connectivity index (χ1n) is 9.46. The quantitative estimate of drug-likeness (QED) is 0.807. The molecule has 1 saturated heterocycles. The lowest BCUT2D eigenvalue weighted by Crippen LogP contribution is -2.40. The molecule has 0 aromatic carbocycles. The van der Waals surface area contributed by atoms with E-state index < -0.39 is 0 Å². The number of aromatic nitrogens is 3. The van der Waals surface area contributed by atoms with E-state index in [1.807, 2.05) is 32.2 Å². The molecular formula is C20H28N6O. The summed E-state index contributed by atoms with van der Waals surface area (Å²) in [6.45, 7) is 7.92. The van der Waals surface area contributed by atoms with Gasteiger partial charge in [-0.15, -0.1) is 0 Å². The molecule has 27 heavy (non-hydrogen) atoms. The minimum atomic E-state index is -0.253. The van der Waals surface area contributed by atoms with Crippen LogP contribution in [0.2, 0.25) is 0 Å². The zero-order chi connectivity index (χ0) is 19.4. The van der Waals surface area contributed by atoms with E-state index in [1.165, 1.54) is 0 Å². The van der Waals surface area contributed by atoms with Gasteiger partial charge in [-0.2, -0.15) is 0 Å². The summed E-state index contributed by atoms with van der Waals surface area (Å²) >= 11 is 0. The molecule has 144 valence electrons. The Bertz CT molecular complexity index is 795. The van der Waals surface area contributed by atoms with E-state index in [2.05, 4.69) is 43.5 Å². The lowest BCUT2D eigenvalue weighted by Gasteiger charge is -2.23. The highest BCUT2D eigenvalue weighted by atomic mass is 16.2. The molecule has 1 aliphatic heterocycles. The number of pyridine rings is 1. The van der Waals surface area contributed by atoms with Crippen LogP contribution in [0.25, 0.3) is 0 Å². The van der Waals surface area contributed by atoms with Crippen LogP contribution in [-0.4, -0.2) is 53.1 Å². The summed E-state index contributed by atoms with van der Waals surface area (Å²) in [6.07, 6.45) is 3.79. The first-order valence-corrected chi connectivity index (χ1v) is 9.46. The van der Waals surface area contributed by atoms with Gasteiger partial charge >= 0.3 is 0 Å². The normalized spacial score (nSPS) is 17.8. The van der Waals surface area contributed by atoms with Gasteiger partial charge in [0.25, 0.3) is 5.91 Å². The predicted molar refractivity (Wildman–Crippen MR) is 106 cm³/mol. The average Bonchev–Trinajstić information content (AvgIpc) is 3.12. The van der Waals surface area contributed by atoms with Crippen molar-refractivity contribution in [3.8, 4) is 0 Å². The third kappa shape index (κ3) is 4.60. The Morgan fingerprint density at radius 3 is 2.85 bits per heavy atom. The smallest absolute Gasteiger partial charge is 0.288 e. The van der Waals surface area contributed by atoms with Crippen molar-refractivity contribution in [1.82, 2.24) is 25.6 Å². The minimum absolute atomic E-state index is 0.232. The van der Waals surface area contributed by atoms with E-state index in [0.29, 0.717) is 12.1 Å². The maximum Gasteiger partial charge on any atom is 0.288 e. The zero-order valence-corrected chi connectivity index (χ0v) is 16.5. The van der Waals surface area contributed by atoms with Crippen LogP contribution in [0.1, 0.15) is 40.9 Å². The molecule has 7 nitrogen and oxygen atoms in total. The molecule has 1 unspecified atom stereocenters. The SMILES string of the molecule is CNC(=O)c1nc(C)c(C)c(N2CC[C@@H](NC(C)Cc3ccccn3)C2)n1. The Kier molecular flexibility index (Phi) is 6.01. The highest BCUT2D eigenvalue weighted by molar-refractivity contribution is 5.90. The van der Waals surface area contributed by atoms with E-state index >= 15 is 0 Å².